The maximum Gasteiger partial charge on any atom is 0.262 e. The summed E-state index contributed by atoms with van der Waals surface area (Å²) in [6.45, 7) is 0.985. The Morgan fingerprint density at radius 3 is 2.50 bits per heavy atom. The molecule has 0 bridgehead atoms. The van der Waals surface area contributed by atoms with E-state index < -0.39 is 0 Å². The first kappa shape index (κ1) is 26.3. The van der Waals surface area contributed by atoms with Crippen molar-refractivity contribution in [1.29, 1.82) is 0 Å². The van der Waals surface area contributed by atoms with Crippen molar-refractivity contribution < 1.29 is 9.59 Å². The van der Waals surface area contributed by atoms with Crippen LogP contribution in [0.2, 0.25) is 0 Å². The third-order valence-corrected chi connectivity index (χ3v) is 8.77. The van der Waals surface area contributed by atoms with Gasteiger partial charge in [0.05, 0.1) is 23.2 Å². The number of para-hydroxylation sites is 2. The number of nitrogens with one attached hydrogen (secondary N) is 1. The van der Waals surface area contributed by atoms with Crippen molar-refractivity contribution >= 4 is 40.2 Å². The van der Waals surface area contributed by atoms with Crippen LogP contribution in [-0.4, -0.2) is 39.7 Å². The number of anilines is 1. The molecule has 0 atom stereocenters. The summed E-state index contributed by atoms with van der Waals surface area (Å²) in [6.07, 6.45) is 6.30. The normalized spacial score (nSPS) is 15.2. The van der Waals surface area contributed by atoms with Gasteiger partial charge in [-0.25, -0.2) is 4.98 Å². The Morgan fingerprint density at radius 1 is 0.925 bits per heavy atom. The number of fused-ring (bicyclic) bond motifs is 2. The Labute approximate surface area is 237 Å². The van der Waals surface area contributed by atoms with Crippen molar-refractivity contribution in [2.75, 3.05) is 17.2 Å². The minimum atomic E-state index is -0.146. The molecule has 1 fully saturated rings. The van der Waals surface area contributed by atoms with Crippen molar-refractivity contribution in [2.45, 2.75) is 56.3 Å². The van der Waals surface area contributed by atoms with Gasteiger partial charge in [0, 0.05) is 23.8 Å². The Bertz CT molecular complexity index is 1610. The van der Waals surface area contributed by atoms with Crippen LogP contribution < -0.4 is 15.8 Å². The van der Waals surface area contributed by atoms with Crippen LogP contribution in [0.4, 0.5) is 5.69 Å². The molecule has 0 radical (unpaired) electrons. The molecule has 8 heteroatoms. The molecular weight excluding hydrogens is 520 g/mol. The van der Waals surface area contributed by atoms with Crippen molar-refractivity contribution in [3.8, 4) is 0 Å². The first-order chi connectivity index (χ1) is 19.6. The molecule has 2 aliphatic rings. The third kappa shape index (κ3) is 5.54. The van der Waals surface area contributed by atoms with Crippen LogP contribution in [0, 0.1) is 0 Å². The number of amides is 2. The lowest BCUT2D eigenvalue weighted by molar-refractivity contribution is -0.116. The highest BCUT2D eigenvalue weighted by molar-refractivity contribution is 7.99. The predicted molar refractivity (Wildman–Crippen MR) is 159 cm³/mol. The largest absolute Gasteiger partial charge is 0.349 e. The molecule has 1 aliphatic heterocycles. The molecule has 7 nitrogen and oxygen atoms in total. The fraction of sp³-hybridized carbons (Fsp3) is 0.312. The topological polar surface area (TPSA) is 84.3 Å². The molecule has 0 spiro atoms. The monoisotopic (exact) mass is 552 g/mol. The standard InChI is InChI=1S/C32H32N4O3S/c37-29(35-19-7-9-23-8-1-6-14-28(23)35)21-40-32-34-27-13-5-4-12-26(27)31(39)36(32)20-22-15-17-24(18-16-22)30(38)33-25-10-2-3-11-25/h1,4-6,8,12-18,25H,2-3,7,9-11,19-21H2,(H,33,38). The van der Waals surface area contributed by atoms with Crippen LogP contribution in [0.5, 0.6) is 0 Å². The molecule has 3 aromatic carbocycles. The smallest absolute Gasteiger partial charge is 0.262 e. The molecule has 2 amide bonds. The zero-order valence-electron chi connectivity index (χ0n) is 22.3. The number of carbonyl (C=O) groups excluding carboxylic acids is 2. The second-order valence-corrected chi connectivity index (χ2v) is 11.5. The number of hydrogen-bond acceptors (Lipinski definition) is 5. The molecule has 2 heterocycles. The molecule has 1 aromatic heterocycles. The second kappa shape index (κ2) is 11.7. The van der Waals surface area contributed by atoms with E-state index in [2.05, 4.69) is 11.4 Å². The van der Waals surface area contributed by atoms with Gasteiger partial charge in [-0.05, 0) is 67.1 Å². The summed E-state index contributed by atoms with van der Waals surface area (Å²) in [5, 5.41) is 4.16. The number of hydrogen-bond donors (Lipinski definition) is 1. The van der Waals surface area contributed by atoms with Gasteiger partial charge in [-0.2, -0.15) is 0 Å². The zero-order valence-corrected chi connectivity index (χ0v) is 23.2. The fourth-order valence-corrected chi connectivity index (χ4v) is 6.55. The van der Waals surface area contributed by atoms with E-state index in [1.54, 1.807) is 10.6 Å². The molecule has 0 unspecified atom stereocenters. The van der Waals surface area contributed by atoms with Gasteiger partial charge in [-0.1, -0.05) is 67.1 Å². The van der Waals surface area contributed by atoms with E-state index in [0.717, 1.165) is 49.8 Å². The zero-order chi connectivity index (χ0) is 27.5. The minimum Gasteiger partial charge on any atom is -0.349 e. The number of aryl methyl sites for hydroxylation is 1. The Hall–Kier alpha value is -3.91. The first-order valence-electron chi connectivity index (χ1n) is 14.0. The maximum atomic E-state index is 13.6. The number of nitrogens with zero attached hydrogens (tertiary/aromatic N) is 3. The molecule has 40 heavy (non-hydrogen) atoms. The lowest BCUT2D eigenvalue weighted by Crippen LogP contribution is -2.36. The highest BCUT2D eigenvalue weighted by Crippen LogP contribution is 2.28. The van der Waals surface area contributed by atoms with Gasteiger partial charge < -0.3 is 10.2 Å². The van der Waals surface area contributed by atoms with Crippen molar-refractivity contribution in [3.05, 3.63) is 99.8 Å². The molecule has 1 aliphatic carbocycles. The summed E-state index contributed by atoms with van der Waals surface area (Å²) in [5.41, 5.74) is 4.12. The maximum absolute atomic E-state index is 13.6. The third-order valence-electron chi connectivity index (χ3n) is 7.81. The molecule has 204 valence electrons. The van der Waals surface area contributed by atoms with E-state index in [9.17, 15) is 14.4 Å². The van der Waals surface area contributed by atoms with Gasteiger partial charge in [0.2, 0.25) is 5.91 Å². The van der Waals surface area contributed by atoms with Crippen LogP contribution >= 0.6 is 11.8 Å². The Balaban J connectivity index is 1.23. The van der Waals surface area contributed by atoms with Crippen LogP contribution in [0.3, 0.4) is 0 Å². The molecule has 0 saturated heterocycles. The lowest BCUT2D eigenvalue weighted by atomic mass is 10.0. The van der Waals surface area contributed by atoms with Gasteiger partial charge >= 0.3 is 0 Å². The van der Waals surface area contributed by atoms with Crippen LogP contribution in [0.25, 0.3) is 10.9 Å². The van der Waals surface area contributed by atoms with Crippen molar-refractivity contribution in [1.82, 2.24) is 14.9 Å². The molecule has 1 saturated carbocycles. The summed E-state index contributed by atoms with van der Waals surface area (Å²) < 4.78 is 1.64. The second-order valence-electron chi connectivity index (χ2n) is 10.5. The van der Waals surface area contributed by atoms with Crippen molar-refractivity contribution in [2.24, 2.45) is 0 Å². The Morgan fingerprint density at radius 2 is 1.68 bits per heavy atom. The average molecular weight is 553 g/mol. The van der Waals surface area contributed by atoms with E-state index in [1.807, 2.05) is 65.6 Å². The number of carbonyl (C=O) groups is 2. The Kier molecular flexibility index (Phi) is 7.68. The van der Waals surface area contributed by atoms with Gasteiger partial charge in [0.1, 0.15) is 0 Å². The van der Waals surface area contributed by atoms with E-state index >= 15 is 0 Å². The summed E-state index contributed by atoms with van der Waals surface area (Å²) >= 11 is 1.29. The van der Waals surface area contributed by atoms with E-state index in [-0.39, 0.29) is 29.2 Å². The number of thioether (sulfide) groups is 1. The molecule has 1 N–H and O–H groups in total. The lowest BCUT2D eigenvalue weighted by Gasteiger charge is -2.29. The van der Waals surface area contributed by atoms with Gasteiger partial charge in [0.15, 0.2) is 5.16 Å². The number of rotatable bonds is 7. The fourth-order valence-electron chi connectivity index (χ4n) is 5.68. The summed E-state index contributed by atoms with van der Waals surface area (Å²) in [6, 6.07) is 23.0. The van der Waals surface area contributed by atoms with Gasteiger partial charge in [-0.15, -0.1) is 0 Å². The summed E-state index contributed by atoms with van der Waals surface area (Å²) in [4.78, 5) is 46.2. The first-order valence-corrected chi connectivity index (χ1v) is 15.0. The number of aromatic nitrogens is 2. The van der Waals surface area contributed by atoms with Gasteiger partial charge in [-0.3, -0.25) is 19.0 Å². The van der Waals surface area contributed by atoms with Crippen LogP contribution in [0.1, 0.15) is 53.6 Å². The average Bonchev–Trinajstić information content (AvgIpc) is 3.50. The van der Waals surface area contributed by atoms with Crippen LogP contribution in [-0.2, 0) is 17.8 Å². The molecule has 4 aromatic rings. The molecule has 6 rings (SSSR count). The quantitative estimate of drug-likeness (QED) is 0.252. The highest BCUT2D eigenvalue weighted by Gasteiger charge is 2.23. The van der Waals surface area contributed by atoms with Gasteiger partial charge in [0.25, 0.3) is 11.5 Å². The molecular formula is C32H32N4O3S. The summed E-state index contributed by atoms with van der Waals surface area (Å²) in [5.74, 6) is 0.125. The SMILES string of the molecule is O=C(NC1CCCC1)c1ccc(Cn2c(SCC(=O)N3CCCc4ccccc43)nc3ccccc3c2=O)cc1. The van der Waals surface area contributed by atoms with Crippen LogP contribution in [0.15, 0.2) is 82.7 Å². The van der Waals surface area contributed by atoms with Crippen molar-refractivity contribution in [3.63, 3.8) is 0 Å². The predicted octanol–water partition coefficient (Wildman–Crippen LogP) is 5.19. The van der Waals surface area contributed by atoms with E-state index in [0.29, 0.717) is 34.7 Å². The van der Waals surface area contributed by atoms with E-state index in [4.69, 9.17) is 4.98 Å². The number of benzene rings is 3. The minimum absolute atomic E-state index is 0.00346. The van der Waals surface area contributed by atoms with E-state index in [1.165, 1.54) is 17.3 Å². The highest BCUT2D eigenvalue weighted by atomic mass is 32.2. The summed E-state index contributed by atoms with van der Waals surface area (Å²) in [7, 11) is 0.